The predicted octanol–water partition coefficient (Wildman–Crippen LogP) is 4.58. The Labute approximate surface area is 175 Å². The number of hydrogen-bond acceptors (Lipinski definition) is 4. The number of anilines is 2. The van der Waals surface area contributed by atoms with Crippen molar-refractivity contribution in [2.75, 3.05) is 22.5 Å². The van der Waals surface area contributed by atoms with Crippen molar-refractivity contribution in [3.05, 3.63) is 52.5 Å². The van der Waals surface area contributed by atoms with Crippen molar-refractivity contribution in [1.29, 1.82) is 0 Å². The summed E-state index contributed by atoms with van der Waals surface area (Å²) in [6.45, 7) is 4.09. The minimum Gasteiger partial charge on any atom is -0.494 e. The Morgan fingerprint density at radius 2 is 1.86 bits per heavy atom. The molecule has 0 aliphatic heterocycles. The number of amides is 1. The molecule has 1 N–H and O–H groups in total. The summed E-state index contributed by atoms with van der Waals surface area (Å²) in [6, 6.07) is 10.4. The molecule has 28 heavy (non-hydrogen) atoms. The van der Waals surface area contributed by atoms with Gasteiger partial charge in [0.2, 0.25) is 15.9 Å². The van der Waals surface area contributed by atoms with Crippen LogP contribution in [0.5, 0.6) is 5.75 Å². The number of sulfonamides is 1. The molecule has 0 saturated carbocycles. The number of carbonyl (C=O) groups is 1. The summed E-state index contributed by atoms with van der Waals surface area (Å²) in [5.41, 5.74) is 0.777. The normalized spacial score (nSPS) is 12.3. The van der Waals surface area contributed by atoms with E-state index in [0.29, 0.717) is 23.1 Å². The van der Waals surface area contributed by atoms with Gasteiger partial charge in [-0.05, 0) is 43.7 Å². The fourth-order valence-electron chi connectivity index (χ4n) is 2.74. The van der Waals surface area contributed by atoms with Crippen LogP contribution in [0.4, 0.5) is 11.4 Å². The highest BCUT2D eigenvalue weighted by atomic mass is 35.5. The van der Waals surface area contributed by atoms with Crippen molar-refractivity contribution in [3.63, 3.8) is 0 Å². The molecule has 0 radical (unpaired) electrons. The first-order chi connectivity index (χ1) is 13.2. The third-order valence-electron chi connectivity index (χ3n) is 3.90. The Morgan fingerprint density at radius 1 is 1.14 bits per heavy atom. The van der Waals surface area contributed by atoms with Gasteiger partial charge < -0.3 is 10.1 Å². The Balaban J connectivity index is 2.36. The van der Waals surface area contributed by atoms with Crippen LogP contribution in [0, 0.1) is 0 Å². The van der Waals surface area contributed by atoms with Crippen LogP contribution in [0.15, 0.2) is 42.5 Å². The summed E-state index contributed by atoms with van der Waals surface area (Å²) in [4.78, 5) is 12.9. The van der Waals surface area contributed by atoms with E-state index in [1.54, 1.807) is 31.2 Å². The molecule has 0 aliphatic rings. The zero-order chi connectivity index (χ0) is 20.9. The number of nitrogens with zero attached hydrogens (tertiary/aromatic N) is 1. The highest BCUT2D eigenvalue weighted by molar-refractivity contribution is 7.92. The van der Waals surface area contributed by atoms with E-state index in [0.717, 1.165) is 10.6 Å². The molecule has 152 valence electrons. The second-order valence-corrected chi connectivity index (χ2v) is 8.71. The number of hydrogen-bond donors (Lipinski definition) is 1. The average molecular weight is 445 g/mol. The van der Waals surface area contributed by atoms with Crippen LogP contribution in [0.25, 0.3) is 0 Å². The first-order valence-corrected chi connectivity index (χ1v) is 11.3. The minimum absolute atomic E-state index is 0.201. The monoisotopic (exact) mass is 444 g/mol. The Morgan fingerprint density at radius 3 is 2.43 bits per heavy atom. The standard InChI is InChI=1S/C19H22Cl2N2O4S/c1-4-18(19(24)22-13-7-6-8-15(11-13)27-5-2)23(28(3,25)26)14-9-10-16(20)17(21)12-14/h6-12,18H,4-5H2,1-3H3,(H,22,24)/t18-/m0/s1. The van der Waals surface area contributed by atoms with Crippen molar-refractivity contribution >= 4 is 50.5 Å². The third-order valence-corrected chi connectivity index (χ3v) is 5.82. The molecule has 1 amide bonds. The lowest BCUT2D eigenvalue weighted by atomic mass is 10.1. The number of carbonyl (C=O) groups excluding carboxylic acids is 1. The number of ether oxygens (including phenoxy) is 1. The number of rotatable bonds is 8. The topological polar surface area (TPSA) is 75.7 Å². The maximum atomic E-state index is 12.9. The zero-order valence-corrected chi connectivity index (χ0v) is 18.1. The molecule has 0 spiro atoms. The molecule has 0 saturated heterocycles. The van der Waals surface area contributed by atoms with E-state index >= 15 is 0 Å². The van der Waals surface area contributed by atoms with Crippen LogP contribution >= 0.6 is 23.2 Å². The maximum Gasteiger partial charge on any atom is 0.248 e. The van der Waals surface area contributed by atoms with E-state index < -0.39 is 22.0 Å². The second-order valence-electron chi connectivity index (χ2n) is 6.03. The summed E-state index contributed by atoms with van der Waals surface area (Å²) in [5.74, 6) is 0.144. The van der Waals surface area contributed by atoms with E-state index in [9.17, 15) is 13.2 Å². The molecule has 0 unspecified atom stereocenters. The molecule has 0 aliphatic carbocycles. The molecule has 2 aromatic carbocycles. The number of halogens is 2. The van der Waals surface area contributed by atoms with E-state index in [2.05, 4.69) is 5.32 Å². The first kappa shape index (κ1) is 22.3. The van der Waals surface area contributed by atoms with Gasteiger partial charge in [0, 0.05) is 11.8 Å². The van der Waals surface area contributed by atoms with Crippen LogP contribution in [0.2, 0.25) is 10.0 Å². The highest BCUT2D eigenvalue weighted by Crippen LogP contribution is 2.30. The van der Waals surface area contributed by atoms with Crippen molar-refractivity contribution in [3.8, 4) is 5.75 Å². The average Bonchev–Trinajstić information content (AvgIpc) is 2.61. The summed E-state index contributed by atoms with van der Waals surface area (Å²) >= 11 is 12.0. The maximum absolute atomic E-state index is 12.9. The van der Waals surface area contributed by atoms with E-state index in [-0.39, 0.29) is 17.1 Å². The SMILES string of the molecule is CCOc1cccc(NC(=O)[C@H](CC)N(c2ccc(Cl)c(Cl)c2)S(C)(=O)=O)c1. The molecule has 6 nitrogen and oxygen atoms in total. The van der Waals surface area contributed by atoms with E-state index in [4.69, 9.17) is 27.9 Å². The van der Waals surface area contributed by atoms with Gasteiger partial charge in [0.05, 0.1) is 28.6 Å². The van der Waals surface area contributed by atoms with Gasteiger partial charge in [0.15, 0.2) is 0 Å². The molecule has 2 aromatic rings. The number of nitrogens with one attached hydrogen (secondary N) is 1. The molecule has 1 atom stereocenters. The first-order valence-electron chi connectivity index (χ1n) is 8.65. The molecular weight excluding hydrogens is 423 g/mol. The lowest BCUT2D eigenvalue weighted by molar-refractivity contribution is -0.117. The van der Waals surface area contributed by atoms with Crippen LogP contribution < -0.4 is 14.4 Å². The van der Waals surface area contributed by atoms with Crippen LogP contribution in [0.3, 0.4) is 0 Å². The molecule has 0 bridgehead atoms. The van der Waals surface area contributed by atoms with Gasteiger partial charge >= 0.3 is 0 Å². The van der Waals surface area contributed by atoms with Gasteiger partial charge in [-0.2, -0.15) is 0 Å². The summed E-state index contributed by atoms with van der Waals surface area (Å²) in [5, 5.41) is 3.25. The minimum atomic E-state index is -3.77. The second kappa shape index (κ2) is 9.49. The zero-order valence-electron chi connectivity index (χ0n) is 15.8. The largest absolute Gasteiger partial charge is 0.494 e. The fourth-order valence-corrected chi connectivity index (χ4v) is 4.23. The van der Waals surface area contributed by atoms with Crippen molar-refractivity contribution < 1.29 is 17.9 Å². The molecule has 0 aromatic heterocycles. The predicted molar refractivity (Wildman–Crippen MR) is 114 cm³/mol. The van der Waals surface area contributed by atoms with Crippen LogP contribution in [-0.2, 0) is 14.8 Å². The third kappa shape index (κ3) is 5.53. The quantitative estimate of drug-likeness (QED) is 0.646. The van der Waals surface area contributed by atoms with Gasteiger partial charge in [-0.15, -0.1) is 0 Å². The Hall–Kier alpha value is -1.96. The Kier molecular flexibility index (Phi) is 7.57. The molecule has 0 fully saturated rings. The van der Waals surface area contributed by atoms with E-state index in [1.165, 1.54) is 18.2 Å². The molecule has 2 rings (SSSR count). The van der Waals surface area contributed by atoms with Gasteiger partial charge in [-0.3, -0.25) is 9.10 Å². The van der Waals surface area contributed by atoms with Gasteiger partial charge in [-0.1, -0.05) is 36.2 Å². The summed E-state index contributed by atoms with van der Waals surface area (Å²) < 4.78 is 31.4. The van der Waals surface area contributed by atoms with Crippen LogP contribution in [0.1, 0.15) is 20.3 Å². The van der Waals surface area contributed by atoms with Gasteiger partial charge in [0.25, 0.3) is 0 Å². The summed E-state index contributed by atoms with van der Waals surface area (Å²) in [6.07, 6.45) is 1.30. The lowest BCUT2D eigenvalue weighted by Gasteiger charge is -2.30. The fraction of sp³-hybridized carbons (Fsp3) is 0.316. The smallest absolute Gasteiger partial charge is 0.248 e. The highest BCUT2D eigenvalue weighted by Gasteiger charge is 2.32. The molecular formula is C19H22Cl2N2O4S. The van der Waals surface area contributed by atoms with E-state index in [1.807, 2.05) is 6.92 Å². The van der Waals surface area contributed by atoms with Gasteiger partial charge in [-0.25, -0.2) is 8.42 Å². The molecule has 0 heterocycles. The lowest BCUT2D eigenvalue weighted by Crippen LogP contribution is -2.47. The Bertz CT molecular complexity index is 951. The molecule has 9 heteroatoms. The van der Waals surface area contributed by atoms with Crippen LogP contribution in [-0.4, -0.2) is 33.2 Å². The number of benzene rings is 2. The van der Waals surface area contributed by atoms with Crippen molar-refractivity contribution in [2.24, 2.45) is 0 Å². The van der Waals surface area contributed by atoms with Crippen molar-refractivity contribution in [1.82, 2.24) is 0 Å². The van der Waals surface area contributed by atoms with Gasteiger partial charge in [0.1, 0.15) is 11.8 Å². The van der Waals surface area contributed by atoms with Crippen molar-refractivity contribution in [2.45, 2.75) is 26.3 Å². The summed E-state index contributed by atoms with van der Waals surface area (Å²) in [7, 11) is -3.77.